The predicted octanol–water partition coefficient (Wildman–Crippen LogP) is 2.48. The van der Waals surface area contributed by atoms with Gasteiger partial charge in [-0.2, -0.15) is 0 Å². The quantitative estimate of drug-likeness (QED) is 0.735. The zero-order valence-electron chi connectivity index (χ0n) is 10.2. The Morgan fingerprint density at radius 3 is 3.06 bits per heavy atom. The monoisotopic (exact) mass is 312 g/mol. The summed E-state index contributed by atoms with van der Waals surface area (Å²) < 4.78 is 0.828. The molecule has 1 amide bonds. The third-order valence-corrected chi connectivity index (χ3v) is 3.70. The first-order chi connectivity index (χ1) is 8.56. The van der Waals surface area contributed by atoms with Crippen LogP contribution >= 0.6 is 15.9 Å². The van der Waals surface area contributed by atoms with Crippen LogP contribution in [0.25, 0.3) is 0 Å². The minimum Gasteiger partial charge on any atom is -0.506 e. The molecule has 5 heteroatoms. The fraction of sp³-hybridized carbons (Fsp3) is 0.462. The number of carbonyl (C=O) groups excluding carboxylic acids is 1. The second-order valence-electron chi connectivity index (χ2n) is 4.73. The smallest absolute Gasteiger partial charge is 0.227 e. The third kappa shape index (κ3) is 3.23. The van der Waals surface area contributed by atoms with Crippen molar-refractivity contribution in [1.29, 1.82) is 0 Å². The highest BCUT2D eigenvalue weighted by molar-refractivity contribution is 9.10. The number of hydrogen-bond acceptors (Lipinski definition) is 3. The lowest BCUT2D eigenvalue weighted by atomic mass is 9.92. The van der Waals surface area contributed by atoms with Gasteiger partial charge in [-0.3, -0.25) is 4.79 Å². The number of nitrogens with one attached hydrogen (secondary N) is 2. The third-order valence-electron chi connectivity index (χ3n) is 3.21. The number of phenolic OH excluding ortho intramolecular Hbond substituents is 1. The molecular formula is C13H17BrN2O2. The van der Waals surface area contributed by atoms with Crippen molar-refractivity contribution in [2.24, 2.45) is 5.92 Å². The zero-order valence-corrected chi connectivity index (χ0v) is 11.8. The van der Waals surface area contributed by atoms with Crippen LogP contribution in [0.5, 0.6) is 5.75 Å². The molecule has 4 nitrogen and oxygen atoms in total. The average Bonchev–Trinajstić information content (AvgIpc) is 2.34. The molecule has 0 radical (unpaired) electrons. The fourth-order valence-corrected chi connectivity index (χ4v) is 2.57. The van der Waals surface area contributed by atoms with Gasteiger partial charge in [0.25, 0.3) is 0 Å². The summed E-state index contributed by atoms with van der Waals surface area (Å²) in [6.45, 7) is 2.94. The van der Waals surface area contributed by atoms with Gasteiger partial charge in [0.2, 0.25) is 5.91 Å². The van der Waals surface area contributed by atoms with Gasteiger partial charge in [-0.15, -0.1) is 0 Å². The molecule has 1 saturated heterocycles. The molecule has 1 aromatic carbocycles. The Labute approximate surface area is 115 Å². The van der Waals surface area contributed by atoms with Gasteiger partial charge >= 0.3 is 0 Å². The molecule has 0 aliphatic carbocycles. The summed E-state index contributed by atoms with van der Waals surface area (Å²) in [5.74, 6) is 0.0879. The second-order valence-corrected chi connectivity index (χ2v) is 5.64. The molecule has 0 bridgehead atoms. The Balaban J connectivity index is 2.04. The van der Waals surface area contributed by atoms with E-state index >= 15 is 0 Å². The number of phenols is 1. The molecule has 1 heterocycles. The molecule has 3 N–H and O–H groups in total. The number of piperidine rings is 1. The van der Waals surface area contributed by atoms with Crippen LogP contribution in [-0.4, -0.2) is 23.6 Å². The molecule has 1 aliphatic heterocycles. The van der Waals surface area contributed by atoms with Crippen molar-refractivity contribution in [2.45, 2.75) is 25.8 Å². The van der Waals surface area contributed by atoms with Crippen LogP contribution in [0.1, 0.15) is 19.8 Å². The molecule has 0 spiro atoms. The number of hydrogen-bond donors (Lipinski definition) is 3. The maximum absolute atomic E-state index is 12.1. The normalized spacial score (nSPS) is 23.7. The topological polar surface area (TPSA) is 61.4 Å². The lowest BCUT2D eigenvalue weighted by molar-refractivity contribution is -0.120. The van der Waals surface area contributed by atoms with E-state index in [9.17, 15) is 9.90 Å². The van der Waals surface area contributed by atoms with Crippen LogP contribution < -0.4 is 10.6 Å². The van der Waals surface area contributed by atoms with Gasteiger partial charge < -0.3 is 15.7 Å². The number of benzene rings is 1. The Kier molecular flexibility index (Phi) is 4.24. The van der Waals surface area contributed by atoms with E-state index in [0.29, 0.717) is 11.7 Å². The Hall–Kier alpha value is -1.07. The van der Waals surface area contributed by atoms with Crippen molar-refractivity contribution in [3.05, 3.63) is 22.7 Å². The summed E-state index contributed by atoms with van der Waals surface area (Å²) in [6.07, 6.45) is 1.67. The van der Waals surface area contributed by atoms with Crippen molar-refractivity contribution in [3.63, 3.8) is 0 Å². The molecular weight excluding hydrogens is 296 g/mol. The van der Waals surface area contributed by atoms with E-state index in [-0.39, 0.29) is 17.6 Å². The van der Waals surface area contributed by atoms with E-state index in [4.69, 9.17) is 0 Å². The maximum atomic E-state index is 12.1. The Morgan fingerprint density at radius 2 is 2.33 bits per heavy atom. The molecule has 0 aromatic heterocycles. The van der Waals surface area contributed by atoms with Crippen molar-refractivity contribution in [1.82, 2.24) is 5.32 Å². The first-order valence-electron chi connectivity index (χ1n) is 6.09. The summed E-state index contributed by atoms with van der Waals surface area (Å²) in [4.78, 5) is 12.1. The van der Waals surface area contributed by atoms with Crippen LogP contribution in [0.4, 0.5) is 5.69 Å². The zero-order chi connectivity index (χ0) is 13.1. The van der Waals surface area contributed by atoms with Crippen LogP contribution in [0, 0.1) is 5.92 Å². The number of rotatable bonds is 2. The van der Waals surface area contributed by atoms with Gasteiger partial charge in [-0.25, -0.2) is 0 Å². The van der Waals surface area contributed by atoms with E-state index in [0.717, 1.165) is 23.9 Å². The predicted molar refractivity (Wildman–Crippen MR) is 74.6 cm³/mol. The SMILES string of the molecule is CC1CC(C(=O)Nc2cc(Br)ccc2O)CCN1. The molecule has 2 atom stereocenters. The number of anilines is 1. The van der Waals surface area contributed by atoms with Gasteiger partial charge in [0, 0.05) is 16.4 Å². The van der Waals surface area contributed by atoms with Crippen LogP contribution in [0.3, 0.4) is 0 Å². The van der Waals surface area contributed by atoms with E-state index < -0.39 is 0 Å². The Morgan fingerprint density at radius 1 is 1.56 bits per heavy atom. The molecule has 2 unspecified atom stereocenters. The van der Waals surface area contributed by atoms with Crippen molar-refractivity contribution >= 4 is 27.5 Å². The van der Waals surface area contributed by atoms with Gasteiger partial charge in [0.1, 0.15) is 5.75 Å². The highest BCUT2D eigenvalue weighted by Gasteiger charge is 2.25. The number of amides is 1. The van der Waals surface area contributed by atoms with Gasteiger partial charge in [0.05, 0.1) is 5.69 Å². The molecule has 1 aliphatic rings. The maximum Gasteiger partial charge on any atom is 0.227 e. The summed E-state index contributed by atoms with van der Waals surface area (Å²) >= 11 is 3.32. The minimum absolute atomic E-state index is 0.0135. The number of aromatic hydroxyl groups is 1. The van der Waals surface area contributed by atoms with Gasteiger partial charge in [-0.1, -0.05) is 15.9 Å². The number of carbonyl (C=O) groups is 1. The summed E-state index contributed by atoms with van der Waals surface area (Å²) in [7, 11) is 0. The standard InChI is InChI=1S/C13H17BrN2O2/c1-8-6-9(4-5-15-8)13(18)16-11-7-10(14)2-3-12(11)17/h2-3,7-9,15,17H,4-6H2,1H3,(H,16,18). The molecule has 0 saturated carbocycles. The molecule has 2 rings (SSSR count). The largest absolute Gasteiger partial charge is 0.506 e. The van der Waals surface area contributed by atoms with Gasteiger partial charge in [-0.05, 0) is 44.5 Å². The highest BCUT2D eigenvalue weighted by Crippen LogP contribution is 2.28. The van der Waals surface area contributed by atoms with E-state index in [1.165, 1.54) is 0 Å². The molecule has 18 heavy (non-hydrogen) atoms. The van der Waals surface area contributed by atoms with Crippen LogP contribution in [-0.2, 0) is 4.79 Å². The van der Waals surface area contributed by atoms with E-state index in [1.54, 1.807) is 18.2 Å². The molecule has 98 valence electrons. The Bertz CT molecular complexity index is 451. The number of halogens is 1. The summed E-state index contributed by atoms with van der Waals surface area (Å²) in [5, 5.41) is 15.8. The van der Waals surface area contributed by atoms with Crippen LogP contribution in [0.15, 0.2) is 22.7 Å². The first kappa shape index (κ1) is 13.4. The van der Waals surface area contributed by atoms with Crippen molar-refractivity contribution < 1.29 is 9.90 Å². The summed E-state index contributed by atoms with van der Waals surface area (Å²) in [5.41, 5.74) is 0.459. The van der Waals surface area contributed by atoms with Crippen LogP contribution in [0.2, 0.25) is 0 Å². The van der Waals surface area contributed by atoms with Crippen molar-refractivity contribution in [2.75, 3.05) is 11.9 Å². The van der Waals surface area contributed by atoms with Crippen molar-refractivity contribution in [3.8, 4) is 5.75 Å². The lowest BCUT2D eigenvalue weighted by Gasteiger charge is -2.27. The molecule has 1 fully saturated rings. The summed E-state index contributed by atoms with van der Waals surface area (Å²) in [6, 6.07) is 5.37. The second kappa shape index (κ2) is 5.71. The van der Waals surface area contributed by atoms with E-state index in [2.05, 4.69) is 33.5 Å². The minimum atomic E-state index is -0.0169. The fourth-order valence-electron chi connectivity index (χ4n) is 2.21. The highest BCUT2D eigenvalue weighted by atomic mass is 79.9. The van der Waals surface area contributed by atoms with Gasteiger partial charge in [0.15, 0.2) is 0 Å². The average molecular weight is 313 g/mol. The molecule has 1 aromatic rings. The lowest BCUT2D eigenvalue weighted by Crippen LogP contribution is -2.40. The van der Waals surface area contributed by atoms with E-state index in [1.807, 2.05) is 0 Å². The first-order valence-corrected chi connectivity index (χ1v) is 6.88.